The van der Waals surface area contributed by atoms with Gasteiger partial charge in [0.15, 0.2) is 11.0 Å². The number of hydrogen-bond donors (Lipinski definition) is 2. The summed E-state index contributed by atoms with van der Waals surface area (Å²) in [4.78, 5) is 12.6. The van der Waals surface area contributed by atoms with Gasteiger partial charge in [-0.1, -0.05) is 11.8 Å². The molecule has 0 radical (unpaired) electrons. The van der Waals surface area contributed by atoms with E-state index >= 15 is 0 Å². The van der Waals surface area contributed by atoms with Crippen LogP contribution in [0.4, 0.5) is 0 Å². The quantitative estimate of drug-likeness (QED) is 0.671. The molecule has 0 aliphatic carbocycles. The van der Waals surface area contributed by atoms with Crippen LogP contribution in [0.5, 0.6) is 0 Å². The van der Waals surface area contributed by atoms with Gasteiger partial charge in [-0.15, -0.1) is 10.2 Å². The van der Waals surface area contributed by atoms with Crippen LogP contribution in [-0.4, -0.2) is 61.7 Å². The van der Waals surface area contributed by atoms with Crippen molar-refractivity contribution < 1.29 is 15.0 Å². The topological polar surface area (TPSA) is 91.5 Å². The number of carboxylic acids is 1. The molecule has 8 heteroatoms. The molecular weight excluding hydrogens is 256 g/mol. The van der Waals surface area contributed by atoms with Gasteiger partial charge in [-0.25, -0.2) is 0 Å². The van der Waals surface area contributed by atoms with E-state index in [0.29, 0.717) is 17.5 Å². The Kier molecular flexibility index (Phi) is 5.57. The highest BCUT2D eigenvalue weighted by atomic mass is 32.2. The minimum Gasteiger partial charge on any atom is -0.481 e. The van der Waals surface area contributed by atoms with Gasteiger partial charge in [0.05, 0.1) is 5.75 Å². The Hall–Kier alpha value is -1.12. The number of thioether (sulfide) groups is 1. The van der Waals surface area contributed by atoms with Crippen LogP contribution >= 0.6 is 11.8 Å². The molecule has 2 N–H and O–H groups in total. The van der Waals surface area contributed by atoms with E-state index in [1.807, 2.05) is 25.9 Å². The molecule has 0 amide bonds. The Bertz CT molecular complexity index is 408. The first kappa shape index (κ1) is 14.9. The highest BCUT2D eigenvalue weighted by Gasteiger charge is 2.16. The normalized spacial score (nSPS) is 12.9. The van der Waals surface area contributed by atoms with Crippen LogP contribution in [0.2, 0.25) is 0 Å². The van der Waals surface area contributed by atoms with Crippen LogP contribution in [0.25, 0.3) is 0 Å². The smallest absolute Gasteiger partial charge is 0.313 e. The van der Waals surface area contributed by atoms with Crippen molar-refractivity contribution in [1.29, 1.82) is 0 Å². The molecule has 1 atom stereocenters. The van der Waals surface area contributed by atoms with Crippen LogP contribution < -0.4 is 0 Å². The van der Waals surface area contributed by atoms with Gasteiger partial charge in [0.25, 0.3) is 0 Å². The van der Waals surface area contributed by atoms with Crippen molar-refractivity contribution >= 4 is 17.7 Å². The number of nitrogens with zero attached hydrogens (tertiary/aromatic N) is 4. The Morgan fingerprint density at radius 1 is 1.50 bits per heavy atom. The van der Waals surface area contributed by atoms with E-state index in [4.69, 9.17) is 5.11 Å². The molecule has 1 rings (SSSR count). The lowest BCUT2D eigenvalue weighted by Crippen LogP contribution is -2.30. The Balaban J connectivity index is 2.84. The first-order chi connectivity index (χ1) is 8.45. The van der Waals surface area contributed by atoms with Gasteiger partial charge >= 0.3 is 5.97 Å². The number of carboxylic acid groups (broad SMARTS) is 1. The number of aliphatic carboxylic acids is 1. The highest BCUT2D eigenvalue weighted by molar-refractivity contribution is 7.99. The molecule has 1 aromatic heterocycles. The SMILES string of the molecule is CC(Cn1c(CO)nnc1SCC(=O)O)N(C)C. The average Bonchev–Trinajstić information content (AvgIpc) is 2.68. The van der Waals surface area contributed by atoms with Gasteiger partial charge in [-0.2, -0.15) is 0 Å². The molecule has 0 aromatic carbocycles. The van der Waals surface area contributed by atoms with E-state index in [-0.39, 0.29) is 18.4 Å². The molecule has 1 unspecified atom stereocenters. The lowest BCUT2D eigenvalue weighted by Gasteiger charge is -2.21. The van der Waals surface area contributed by atoms with Gasteiger partial charge in [-0.3, -0.25) is 4.79 Å². The summed E-state index contributed by atoms with van der Waals surface area (Å²) in [5.41, 5.74) is 0. The molecule has 0 aliphatic heterocycles. The molecule has 18 heavy (non-hydrogen) atoms. The van der Waals surface area contributed by atoms with Crippen molar-refractivity contribution in [1.82, 2.24) is 19.7 Å². The van der Waals surface area contributed by atoms with Crippen molar-refractivity contribution in [2.24, 2.45) is 0 Å². The zero-order chi connectivity index (χ0) is 13.7. The van der Waals surface area contributed by atoms with Gasteiger partial charge < -0.3 is 19.7 Å². The lowest BCUT2D eigenvalue weighted by atomic mass is 10.3. The number of aromatic nitrogens is 3. The summed E-state index contributed by atoms with van der Waals surface area (Å²) in [6, 6.07) is 0.232. The molecule has 0 saturated carbocycles. The van der Waals surface area contributed by atoms with Crippen LogP contribution in [0, 0.1) is 0 Å². The van der Waals surface area contributed by atoms with E-state index in [1.165, 1.54) is 0 Å². The first-order valence-corrected chi connectivity index (χ1v) is 6.48. The number of carbonyl (C=O) groups is 1. The number of rotatable bonds is 7. The van der Waals surface area contributed by atoms with Gasteiger partial charge in [0.1, 0.15) is 6.61 Å². The van der Waals surface area contributed by atoms with Crippen LogP contribution in [0.15, 0.2) is 5.16 Å². The molecule has 1 heterocycles. The summed E-state index contributed by atoms with van der Waals surface area (Å²) in [7, 11) is 3.91. The van der Waals surface area contributed by atoms with E-state index in [0.717, 1.165) is 11.8 Å². The molecule has 0 saturated heterocycles. The Morgan fingerprint density at radius 3 is 2.67 bits per heavy atom. The minimum absolute atomic E-state index is 0.0695. The fraction of sp³-hybridized carbons (Fsp3) is 0.700. The second-order valence-electron chi connectivity index (χ2n) is 4.16. The number of hydrogen-bond acceptors (Lipinski definition) is 6. The van der Waals surface area contributed by atoms with Crippen LogP contribution in [-0.2, 0) is 17.9 Å². The largest absolute Gasteiger partial charge is 0.481 e. The molecular formula is C10H18N4O3S. The molecule has 1 aromatic rings. The highest BCUT2D eigenvalue weighted by Crippen LogP contribution is 2.18. The number of aliphatic hydroxyl groups is 1. The summed E-state index contributed by atoms with van der Waals surface area (Å²) < 4.78 is 1.76. The Labute approximate surface area is 110 Å². The summed E-state index contributed by atoms with van der Waals surface area (Å²) in [6.45, 7) is 2.44. The molecule has 0 bridgehead atoms. The molecule has 102 valence electrons. The van der Waals surface area contributed by atoms with Crippen molar-refractivity contribution in [3.05, 3.63) is 5.82 Å². The summed E-state index contributed by atoms with van der Waals surface area (Å²) in [6.07, 6.45) is 0. The maximum Gasteiger partial charge on any atom is 0.313 e. The summed E-state index contributed by atoms with van der Waals surface area (Å²) in [5.74, 6) is -0.516. The van der Waals surface area contributed by atoms with Crippen LogP contribution in [0.3, 0.4) is 0 Å². The lowest BCUT2D eigenvalue weighted by molar-refractivity contribution is -0.133. The third-order valence-electron chi connectivity index (χ3n) is 2.59. The minimum atomic E-state index is -0.902. The maximum atomic E-state index is 10.6. The predicted octanol–water partition coefficient (Wildman–Crippen LogP) is -0.103. The zero-order valence-electron chi connectivity index (χ0n) is 10.7. The summed E-state index contributed by atoms with van der Waals surface area (Å²) in [5, 5.41) is 26.1. The van der Waals surface area contributed by atoms with Crippen molar-refractivity contribution in [3.63, 3.8) is 0 Å². The van der Waals surface area contributed by atoms with Gasteiger partial charge in [-0.05, 0) is 21.0 Å². The molecule has 0 aliphatic rings. The monoisotopic (exact) mass is 274 g/mol. The third-order valence-corrected chi connectivity index (χ3v) is 3.54. The molecule has 7 nitrogen and oxygen atoms in total. The Morgan fingerprint density at radius 2 is 2.17 bits per heavy atom. The van der Waals surface area contributed by atoms with E-state index in [9.17, 15) is 9.90 Å². The van der Waals surface area contributed by atoms with Crippen molar-refractivity contribution in [2.75, 3.05) is 19.8 Å². The second kappa shape index (κ2) is 6.72. The molecule has 0 fully saturated rings. The fourth-order valence-corrected chi connectivity index (χ4v) is 1.97. The second-order valence-corrected chi connectivity index (χ2v) is 5.11. The molecule has 0 spiro atoms. The van der Waals surface area contributed by atoms with Crippen molar-refractivity contribution in [3.8, 4) is 0 Å². The van der Waals surface area contributed by atoms with Crippen LogP contribution in [0.1, 0.15) is 12.7 Å². The van der Waals surface area contributed by atoms with E-state index in [1.54, 1.807) is 4.57 Å². The predicted molar refractivity (Wildman–Crippen MR) is 67.5 cm³/mol. The standard InChI is InChI=1S/C10H18N4O3S/c1-7(13(2)3)4-14-8(5-15)11-12-10(14)18-6-9(16)17/h7,15H,4-6H2,1-3H3,(H,16,17). The van der Waals surface area contributed by atoms with E-state index in [2.05, 4.69) is 10.2 Å². The third kappa shape index (κ3) is 3.97. The van der Waals surface area contributed by atoms with Gasteiger partial charge in [0, 0.05) is 12.6 Å². The number of likely N-dealkylation sites (N-methyl/N-ethyl adjacent to an activating group) is 1. The zero-order valence-corrected chi connectivity index (χ0v) is 11.5. The van der Waals surface area contributed by atoms with Crippen molar-refractivity contribution in [2.45, 2.75) is 31.3 Å². The van der Waals surface area contributed by atoms with Gasteiger partial charge in [0.2, 0.25) is 0 Å². The van der Waals surface area contributed by atoms with E-state index < -0.39 is 5.97 Å². The number of aliphatic hydroxyl groups excluding tert-OH is 1. The first-order valence-electron chi connectivity index (χ1n) is 5.49. The summed E-state index contributed by atoms with van der Waals surface area (Å²) >= 11 is 1.11. The average molecular weight is 274 g/mol. The maximum absolute atomic E-state index is 10.6. The fourth-order valence-electron chi connectivity index (χ4n) is 1.28.